The molecule has 1 N–H and O–H groups in total. The minimum atomic E-state index is 0.119. The summed E-state index contributed by atoms with van der Waals surface area (Å²) in [5.41, 5.74) is 4.66. The molecule has 8 heteroatoms. The molecular formula is C27H33ClN6O. The molecule has 0 bridgehead atoms. The van der Waals surface area contributed by atoms with Gasteiger partial charge in [0.25, 0.3) is 0 Å². The van der Waals surface area contributed by atoms with Crippen LogP contribution in [0.3, 0.4) is 0 Å². The molecule has 0 amide bonds. The number of pyridine rings is 1. The number of hydrogen-bond donors (Lipinski definition) is 1. The fraction of sp³-hybridized carbons (Fsp3) is 0.444. The molecule has 7 nitrogen and oxygen atoms in total. The van der Waals surface area contributed by atoms with E-state index in [-0.39, 0.29) is 5.41 Å². The van der Waals surface area contributed by atoms with Gasteiger partial charge < -0.3 is 15.0 Å². The Hall–Kier alpha value is -2.74. The van der Waals surface area contributed by atoms with Gasteiger partial charge in [-0.05, 0) is 41.7 Å². The average molecular weight is 493 g/mol. The van der Waals surface area contributed by atoms with E-state index in [1.165, 1.54) is 11.1 Å². The third-order valence-corrected chi connectivity index (χ3v) is 6.93. The summed E-state index contributed by atoms with van der Waals surface area (Å²) in [5.74, 6) is 2.53. The highest BCUT2D eigenvalue weighted by Crippen LogP contribution is 2.32. The molecule has 0 aliphatic carbocycles. The number of anilines is 3. The first-order chi connectivity index (χ1) is 16.9. The molecule has 0 atom stereocenters. The van der Waals surface area contributed by atoms with Gasteiger partial charge >= 0.3 is 0 Å². The number of hydrogen-bond acceptors (Lipinski definition) is 7. The first kappa shape index (κ1) is 24.0. The Labute approximate surface area is 212 Å². The van der Waals surface area contributed by atoms with Crippen LogP contribution in [-0.2, 0) is 29.7 Å². The predicted molar refractivity (Wildman–Crippen MR) is 141 cm³/mol. The van der Waals surface area contributed by atoms with Crippen molar-refractivity contribution in [3.05, 3.63) is 70.3 Å². The third kappa shape index (κ3) is 5.58. The van der Waals surface area contributed by atoms with Crippen LogP contribution in [-0.4, -0.2) is 52.7 Å². The van der Waals surface area contributed by atoms with Gasteiger partial charge in [0.15, 0.2) is 0 Å². The van der Waals surface area contributed by atoms with Crippen LogP contribution in [0.2, 0.25) is 5.02 Å². The highest BCUT2D eigenvalue weighted by molar-refractivity contribution is 6.32. The third-order valence-electron chi connectivity index (χ3n) is 6.63. The Morgan fingerprint density at radius 1 is 1.03 bits per heavy atom. The number of morpholine rings is 1. The first-order valence-corrected chi connectivity index (χ1v) is 12.7. The molecule has 0 radical (unpaired) electrons. The lowest BCUT2D eigenvalue weighted by atomic mass is 9.87. The van der Waals surface area contributed by atoms with Crippen LogP contribution >= 0.6 is 11.6 Å². The summed E-state index contributed by atoms with van der Waals surface area (Å²) in [5, 5.41) is 4.26. The topological polar surface area (TPSA) is 66.4 Å². The molecule has 5 rings (SSSR count). The maximum Gasteiger partial charge on any atom is 0.147 e. The van der Waals surface area contributed by atoms with E-state index in [1.54, 1.807) is 6.20 Å². The lowest BCUT2D eigenvalue weighted by Crippen LogP contribution is -2.37. The fourth-order valence-electron chi connectivity index (χ4n) is 4.60. The number of benzene rings is 1. The summed E-state index contributed by atoms with van der Waals surface area (Å²) in [4.78, 5) is 19.1. The zero-order valence-corrected chi connectivity index (χ0v) is 21.5. The summed E-state index contributed by atoms with van der Waals surface area (Å²) >= 11 is 6.46. The van der Waals surface area contributed by atoms with Crippen molar-refractivity contribution < 1.29 is 4.74 Å². The zero-order valence-electron chi connectivity index (χ0n) is 20.7. The second kappa shape index (κ2) is 10.1. The summed E-state index contributed by atoms with van der Waals surface area (Å²) in [7, 11) is 0. The molecule has 2 aliphatic rings. The van der Waals surface area contributed by atoms with E-state index >= 15 is 0 Å². The van der Waals surface area contributed by atoms with Crippen LogP contribution in [0.5, 0.6) is 0 Å². The average Bonchev–Trinajstić information content (AvgIpc) is 2.84. The maximum absolute atomic E-state index is 6.46. The van der Waals surface area contributed by atoms with E-state index in [9.17, 15) is 0 Å². The molecular weight excluding hydrogens is 460 g/mol. The minimum absolute atomic E-state index is 0.119. The molecule has 3 aromatic rings. The van der Waals surface area contributed by atoms with Crippen molar-refractivity contribution in [1.82, 2.24) is 19.9 Å². The second-order valence-corrected chi connectivity index (χ2v) is 10.6. The minimum Gasteiger partial charge on any atom is -0.379 e. The lowest BCUT2D eigenvalue weighted by Gasteiger charge is -2.31. The van der Waals surface area contributed by atoms with E-state index in [4.69, 9.17) is 26.3 Å². The van der Waals surface area contributed by atoms with Gasteiger partial charge in [0.2, 0.25) is 0 Å². The number of fused-ring (bicyclic) bond motifs is 1. The van der Waals surface area contributed by atoms with Crippen molar-refractivity contribution in [3.63, 3.8) is 0 Å². The van der Waals surface area contributed by atoms with Crippen molar-refractivity contribution in [1.29, 1.82) is 0 Å². The second-order valence-electron chi connectivity index (χ2n) is 10.2. The lowest BCUT2D eigenvalue weighted by molar-refractivity contribution is 0.0330. The molecule has 0 spiro atoms. The summed E-state index contributed by atoms with van der Waals surface area (Å²) in [6.07, 6.45) is 2.61. The molecule has 1 aromatic carbocycles. The normalized spacial score (nSPS) is 16.7. The maximum atomic E-state index is 6.46. The molecule has 0 unspecified atom stereocenters. The van der Waals surface area contributed by atoms with Crippen LogP contribution in [0, 0.1) is 0 Å². The van der Waals surface area contributed by atoms with Gasteiger partial charge in [-0.25, -0.2) is 15.0 Å². The SMILES string of the molecule is CC(C)(C)c1ccc(Nc2nc(CN3CCOCC3)nc3c2CCN(c2ncccc2Cl)C3)cc1. The highest BCUT2D eigenvalue weighted by atomic mass is 35.5. The fourth-order valence-corrected chi connectivity index (χ4v) is 4.84. The largest absolute Gasteiger partial charge is 0.379 e. The number of rotatable bonds is 5. The van der Waals surface area contributed by atoms with Crippen molar-refractivity contribution in [2.45, 2.75) is 45.7 Å². The van der Waals surface area contributed by atoms with Gasteiger partial charge in [-0.15, -0.1) is 0 Å². The molecule has 1 saturated heterocycles. The standard InChI is InChI=1S/C27H33ClN6O/c1-27(2,3)19-6-8-20(9-7-19)30-25-21-10-12-34(26-22(28)5-4-11-29-26)17-23(21)31-24(32-25)18-33-13-15-35-16-14-33/h4-9,11H,10,12-18H2,1-3H3,(H,30,31,32). The first-order valence-electron chi connectivity index (χ1n) is 12.3. The van der Waals surface area contributed by atoms with Crippen LogP contribution in [0.1, 0.15) is 43.4 Å². The van der Waals surface area contributed by atoms with Gasteiger partial charge in [-0.2, -0.15) is 0 Å². The molecule has 0 saturated carbocycles. The van der Waals surface area contributed by atoms with E-state index in [2.05, 4.69) is 65.1 Å². The van der Waals surface area contributed by atoms with Crippen LogP contribution in [0.4, 0.5) is 17.3 Å². The number of nitrogens with one attached hydrogen (secondary N) is 1. The summed E-state index contributed by atoms with van der Waals surface area (Å²) in [6.45, 7) is 12.2. The molecule has 184 valence electrons. The summed E-state index contributed by atoms with van der Waals surface area (Å²) < 4.78 is 5.52. The van der Waals surface area contributed by atoms with Crippen molar-refractivity contribution in [3.8, 4) is 0 Å². The Balaban J connectivity index is 1.45. The van der Waals surface area contributed by atoms with Gasteiger partial charge in [0, 0.05) is 37.1 Å². The van der Waals surface area contributed by atoms with E-state index < -0.39 is 0 Å². The quantitative estimate of drug-likeness (QED) is 0.539. The number of aromatic nitrogens is 3. The highest BCUT2D eigenvalue weighted by Gasteiger charge is 2.25. The molecule has 1 fully saturated rings. The van der Waals surface area contributed by atoms with Crippen LogP contribution in [0.25, 0.3) is 0 Å². The van der Waals surface area contributed by atoms with Crippen molar-refractivity contribution >= 4 is 28.9 Å². The van der Waals surface area contributed by atoms with Crippen LogP contribution in [0.15, 0.2) is 42.6 Å². The molecule has 4 heterocycles. The van der Waals surface area contributed by atoms with Gasteiger partial charge in [0.1, 0.15) is 17.5 Å². The van der Waals surface area contributed by atoms with Crippen LogP contribution < -0.4 is 10.2 Å². The van der Waals surface area contributed by atoms with Gasteiger partial charge in [-0.1, -0.05) is 44.5 Å². The Morgan fingerprint density at radius 2 is 1.80 bits per heavy atom. The number of nitrogens with zero attached hydrogens (tertiary/aromatic N) is 5. The molecule has 35 heavy (non-hydrogen) atoms. The monoisotopic (exact) mass is 492 g/mol. The van der Waals surface area contributed by atoms with Crippen molar-refractivity contribution in [2.24, 2.45) is 0 Å². The molecule has 2 aliphatic heterocycles. The summed E-state index contributed by atoms with van der Waals surface area (Å²) in [6, 6.07) is 12.4. The van der Waals surface area contributed by atoms with Gasteiger partial charge in [0.05, 0.1) is 37.0 Å². The molecule has 2 aromatic heterocycles. The van der Waals surface area contributed by atoms with E-state index in [1.807, 2.05) is 12.1 Å². The predicted octanol–water partition coefficient (Wildman–Crippen LogP) is 4.96. The Morgan fingerprint density at radius 3 is 2.51 bits per heavy atom. The Kier molecular flexibility index (Phi) is 6.91. The zero-order chi connectivity index (χ0) is 24.4. The van der Waals surface area contributed by atoms with E-state index in [0.717, 1.165) is 68.1 Å². The Bertz CT molecular complexity index is 1170. The smallest absolute Gasteiger partial charge is 0.147 e. The van der Waals surface area contributed by atoms with Crippen molar-refractivity contribution in [2.75, 3.05) is 43.1 Å². The number of ether oxygens (including phenoxy) is 1. The van der Waals surface area contributed by atoms with E-state index in [0.29, 0.717) is 18.1 Å². The number of halogens is 1. The van der Waals surface area contributed by atoms with Gasteiger partial charge in [-0.3, -0.25) is 4.90 Å².